The Kier molecular flexibility index (Phi) is 4.32. The van der Waals surface area contributed by atoms with Crippen LogP contribution in [0.2, 0.25) is 0 Å². The summed E-state index contributed by atoms with van der Waals surface area (Å²) in [5, 5.41) is 3.23. The van der Waals surface area contributed by atoms with Crippen molar-refractivity contribution in [1.82, 2.24) is 5.32 Å². The molecule has 4 heteroatoms. The summed E-state index contributed by atoms with van der Waals surface area (Å²) in [6.07, 6.45) is 0.0781. The van der Waals surface area contributed by atoms with Crippen LogP contribution >= 0.6 is 12.4 Å². The van der Waals surface area contributed by atoms with Crippen LogP contribution < -0.4 is 5.32 Å². The van der Waals surface area contributed by atoms with Gasteiger partial charge in [0.05, 0.1) is 12.7 Å². The van der Waals surface area contributed by atoms with E-state index in [2.05, 4.69) is 5.32 Å². The Labute approximate surface area is 88.9 Å². The Morgan fingerprint density at radius 2 is 2.00 bits per heavy atom. The first-order chi connectivity index (χ1) is 6.36. The summed E-state index contributed by atoms with van der Waals surface area (Å²) in [6.45, 7) is 2.44. The highest BCUT2D eigenvalue weighted by atomic mass is 35.5. The third-order valence-corrected chi connectivity index (χ3v) is 2.17. The van der Waals surface area contributed by atoms with E-state index in [0.29, 0.717) is 0 Å². The maximum absolute atomic E-state index is 12.6. The zero-order chi connectivity index (χ0) is 9.10. The molecule has 1 fully saturated rings. The SMILES string of the molecule is Cl.Fc1ccc(C2CNCCO2)cc1. The molecule has 1 atom stereocenters. The lowest BCUT2D eigenvalue weighted by molar-refractivity contribution is 0.0276. The minimum absolute atomic E-state index is 0. The predicted octanol–water partition coefficient (Wildman–Crippen LogP) is 1.91. The van der Waals surface area contributed by atoms with Crippen LogP contribution in [0, 0.1) is 5.82 Å². The van der Waals surface area contributed by atoms with E-state index in [0.717, 1.165) is 25.3 Å². The summed E-state index contributed by atoms with van der Waals surface area (Å²) in [6, 6.07) is 6.47. The van der Waals surface area contributed by atoms with Crippen LogP contribution in [0.25, 0.3) is 0 Å². The van der Waals surface area contributed by atoms with E-state index in [1.54, 1.807) is 12.1 Å². The van der Waals surface area contributed by atoms with E-state index in [9.17, 15) is 4.39 Å². The number of rotatable bonds is 1. The molecule has 0 bridgehead atoms. The molecule has 1 aliphatic rings. The van der Waals surface area contributed by atoms with E-state index >= 15 is 0 Å². The molecule has 78 valence electrons. The van der Waals surface area contributed by atoms with E-state index in [1.165, 1.54) is 12.1 Å². The Bertz CT molecular complexity index is 272. The first kappa shape index (κ1) is 11.4. The standard InChI is InChI=1S/C10H12FNO.ClH/c11-9-3-1-8(2-4-9)10-7-12-5-6-13-10;/h1-4,10,12H,5-7H2;1H. The van der Waals surface area contributed by atoms with Crippen molar-refractivity contribution in [2.75, 3.05) is 19.7 Å². The third kappa shape index (κ3) is 2.67. The molecule has 0 aliphatic carbocycles. The fourth-order valence-electron chi connectivity index (χ4n) is 1.46. The first-order valence-corrected chi connectivity index (χ1v) is 4.44. The van der Waals surface area contributed by atoms with Gasteiger partial charge in [-0.2, -0.15) is 0 Å². The largest absolute Gasteiger partial charge is 0.371 e. The van der Waals surface area contributed by atoms with Gasteiger partial charge in [0.25, 0.3) is 0 Å². The van der Waals surface area contributed by atoms with Crippen LogP contribution in [0.1, 0.15) is 11.7 Å². The van der Waals surface area contributed by atoms with Crippen LogP contribution in [-0.4, -0.2) is 19.7 Å². The van der Waals surface area contributed by atoms with Crippen LogP contribution in [0.5, 0.6) is 0 Å². The zero-order valence-electron chi connectivity index (χ0n) is 7.70. The molecular weight excluding hydrogens is 205 g/mol. The normalized spacial score (nSPS) is 21.4. The molecule has 1 unspecified atom stereocenters. The van der Waals surface area contributed by atoms with Gasteiger partial charge >= 0.3 is 0 Å². The Morgan fingerprint density at radius 1 is 1.29 bits per heavy atom. The van der Waals surface area contributed by atoms with Gasteiger partial charge in [-0.15, -0.1) is 12.4 Å². The van der Waals surface area contributed by atoms with Crippen molar-refractivity contribution >= 4 is 12.4 Å². The van der Waals surface area contributed by atoms with E-state index < -0.39 is 0 Å². The summed E-state index contributed by atoms with van der Waals surface area (Å²) >= 11 is 0. The molecule has 1 aromatic carbocycles. The highest BCUT2D eigenvalue weighted by molar-refractivity contribution is 5.85. The molecule has 1 N–H and O–H groups in total. The number of ether oxygens (including phenoxy) is 1. The number of halogens is 2. The second kappa shape index (κ2) is 5.29. The van der Waals surface area contributed by atoms with Crippen molar-refractivity contribution < 1.29 is 9.13 Å². The van der Waals surface area contributed by atoms with Crippen molar-refractivity contribution in [1.29, 1.82) is 0 Å². The van der Waals surface area contributed by atoms with Gasteiger partial charge in [0.2, 0.25) is 0 Å². The highest BCUT2D eigenvalue weighted by Crippen LogP contribution is 2.18. The molecule has 1 aromatic rings. The fraction of sp³-hybridized carbons (Fsp3) is 0.400. The van der Waals surface area contributed by atoms with Crippen molar-refractivity contribution in [3.05, 3.63) is 35.6 Å². The van der Waals surface area contributed by atoms with Gasteiger partial charge in [0.1, 0.15) is 5.82 Å². The summed E-state index contributed by atoms with van der Waals surface area (Å²) in [4.78, 5) is 0. The number of morpholine rings is 1. The van der Waals surface area contributed by atoms with Crippen molar-refractivity contribution in [3.63, 3.8) is 0 Å². The summed E-state index contributed by atoms with van der Waals surface area (Å²) < 4.78 is 18.1. The van der Waals surface area contributed by atoms with E-state index in [1.807, 2.05) is 0 Å². The first-order valence-electron chi connectivity index (χ1n) is 4.44. The molecule has 1 aliphatic heterocycles. The van der Waals surface area contributed by atoms with Gasteiger partial charge in [-0.1, -0.05) is 12.1 Å². The molecule has 0 radical (unpaired) electrons. The Balaban J connectivity index is 0.000000980. The smallest absolute Gasteiger partial charge is 0.123 e. The number of nitrogens with one attached hydrogen (secondary N) is 1. The molecule has 2 nitrogen and oxygen atoms in total. The van der Waals surface area contributed by atoms with Gasteiger partial charge in [0.15, 0.2) is 0 Å². The van der Waals surface area contributed by atoms with Crippen molar-refractivity contribution in [2.45, 2.75) is 6.10 Å². The number of hydrogen-bond donors (Lipinski definition) is 1. The third-order valence-electron chi connectivity index (χ3n) is 2.17. The lowest BCUT2D eigenvalue weighted by Crippen LogP contribution is -2.33. The van der Waals surface area contributed by atoms with Gasteiger partial charge in [-0.05, 0) is 17.7 Å². The van der Waals surface area contributed by atoms with Crippen LogP contribution in [0.3, 0.4) is 0 Å². The van der Waals surface area contributed by atoms with Gasteiger partial charge in [-0.25, -0.2) is 4.39 Å². The summed E-state index contributed by atoms with van der Waals surface area (Å²) in [5.41, 5.74) is 1.04. The zero-order valence-corrected chi connectivity index (χ0v) is 8.52. The maximum Gasteiger partial charge on any atom is 0.123 e. The minimum Gasteiger partial charge on any atom is -0.371 e. The fourth-order valence-corrected chi connectivity index (χ4v) is 1.46. The minimum atomic E-state index is -0.201. The molecule has 0 saturated carbocycles. The second-order valence-electron chi connectivity index (χ2n) is 3.12. The Hall–Kier alpha value is -0.640. The highest BCUT2D eigenvalue weighted by Gasteiger charge is 2.14. The van der Waals surface area contributed by atoms with Gasteiger partial charge in [0, 0.05) is 13.1 Å². The molecule has 2 rings (SSSR count). The number of benzene rings is 1. The topological polar surface area (TPSA) is 21.3 Å². The quantitative estimate of drug-likeness (QED) is 0.776. The van der Waals surface area contributed by atoms with Gasteiger partial charge in [-0.3, -0.25) is 0 Å². The molecule has 1 heterocycles. The molecule has 0 aromatic heterocycles. The average molecular weight is 218 g/mol. The molecule has 1 saturated heterocycles. The average Bonchev–Trinajstić information content (AvgIpc) is 2.20. The van der Waals surface area contributed by atoms with Crippen LogP contribution in [0.4, 0.5) is 4.39 Å². The lowest BCUT2D eigenvalue weighted by Gasteiger charge is -2.23. The molecule has 14 heavy (non-hydrogen) atoms. The molecule has 0 spiro atoms. The maximum atomic E-state index is 12.6. The Morgan fingerprint density at radius 3 is 2.57 bits per heavy atom. The van der Waals surface area contributed by atoms with E-state index in [-0.39, 0.29) is 24.3 Å². The monoisotopic (exact) mass is 217 g/mol. The van der Waals surface area contributed by atoms with Crippen molar-refractivity contribution in [3.8, 4) is 0 Å². The number of hydrogen-bond acceptors (Lipinski definition) is 2. The molecule has 0 amide bonds. The lowest BCUT2D eigenvalue weighted by atomic mass is 10.1. The van der Waals surface area contributed by atoms with E-state index in [4.69, 9.17) is 4.74 Å². The predicted molar refractivity (Wildman–Crippen MR) is 55.2 cm³/mol. The summed E-state index contributed by atoms with van der Waals surface area (Å²) in [5.74, 6) is -0.201. The summed E-state index contributed by atoms with van der Waals surface area (Å²) in [7, 11) is 0. The second-order valence-corrected chi connectivity index (χ2v) is 3.12. The van der Waals surface area contributed by atoms with Crippen molar-refractivity contribution in [2.24, 2.45) is 0 Å². The molecular formula is C10H13ClFNO. The van der Waals surface area contributed by atoms with Gasteiger partial charge < -0.3 is 10.1 Å². The van der Waals surface area contributed by atoms with Crippen LogP contribution in [-0.2, 0) is 4.74 Å². The van der Waals surface area contributed by atoms with Crippen LogP contribution in [0.15, 0.2) is 24.3 Å².